The number of ketones is 1. The van der Waals surface area contributed by atoms with E-state index in [1.54, 1.807) is 11.8 Å². The lowest BCUT2D eigenvalue weighted by Gasteiger charge is -1.99. The highest BCUT2D eigenvalue weighted by Gasteiger charge is 2.20. The van der Waals surface area contributed by atoms with E-state index in [0.29, 0.717) is 6.29 Å². The first-order valence-corrected chi connectivity index (χ1v) is 3.80. The SMILES string of the molecule is Cl.Cl.O.O=CC(=O)C1CSCN1. The molecule has 3 N–H and O–H groups in total. The maximum atomic E-state index is 10.6. The van der Waals surface area contributed by atoms with Crippen molar-refractivity contribution in [3.8, 4) is 0 Å². The number of Topliss-reactive ketones (excluding diaryl/α,β-unsaturated/α-hetero) is 1. The molecule has 0 aromatic carbocycles. The third kappa shape index (κ3) is 4.95. The zero-order valence-electron chi connectivity index (χ0n) is 6.11. The van der Waals surface area contributed by atoms with Crippen molar-refractivity contribution in [2.24, 2.45) is 0 Å². The number of hydrogen-bond acceptors (Lipinski definition) is 4. The van der Waals surface area contributed by atoms with Crippen LogP contribution in [0.3, 0.4) is 0 Å². The molecule has 1 aliphatic heterocycles. The number of thioether (sulfide) groups is 1. The fraction of sp³-hybridized carbons (Fsp3) is 0.600. The molecule has 0 radical (unpaired) electrons. The van der Waals surface area contributed by atoms with Gasteiger partial charge in [-0.05, 0) is 0 Å². The first-order chi connectivity index (χ1) is 4.34. The summed E-state index contributed by atoms with van der Waals surface area (Å²) in [6.07, 6.45) is 0.379. The Hall–Kier alpha value is 0.190. The summed E-state index contributed by atoms with van der Waals surface area (Å²) >= 11 is 1.64. The molecule has 0 aromatic heterocycles. The van der Waals surface area contributed by atoms with Crippen molar-refractivity contribution in [1.82, 2.24) is 5.32 Å². The van der Waals surface area contributed by atoms with E-state index < -0.39 is 0 Å². The quantitative estimate of drug-likeness (QED) is 0.514. The molecule has 0 amide bonds. The minimum Gasteiger partial charge on any atom is -0.412 e. The van der Waals surface area contributed by atoms with Crippen molar-refractivity contribution in [2.75, 3.05) is 11.6 Å². The van der Waals surface area contributed by atoms with Crippen LogP contribution < -0.4 is 5.32 Å². The third-order valence-electron chi connectivity index (χ3n) is 1.18. The summed E-state index contributed by atoms with van der Waals surface area (Å²) < 4.78 is 0. The van der Waals surface area contributed by atoms with E-state index in [4.69, 9.17) is 0 Å². The van der Waals surface area contributed by atoms with Crippen molar-refractivity contribution >= 4 is 48.6 Å². The predicted molar refractivity (Wildman–Crippen MR) is 53.4 cm³/mol. The standard InChI is InChI=1S/C5H7NO2S.2ClH.H2O/c7-1-5(8)4-2-9-3-6-4;;;/h1,4,6H,2-3H2;2*1H;1H2. The van der Waals surface area contributed by atoms with Gasteiger partial charge in [0.15, 0.2) is 6.29 Å². The molecular formula is C5H11Cl2NO3S. The third-order valence-corrected chi connectivity index (χ3v) is 2.12. The average Bonchev–Trinajstić information content (AvgIpc) is 2.37. The van der Waals surface area contributed by atoms with E-state index in [-0.39, 0.29) is 42.1 Å². The number of carbonyl (C=O) groups excluding carboxylic acids is 2. The first-order valence-electron chi connectivity index (χ1n) is 2.65. The molecule has 1 saturated heterocycles. The van der Waals surface area contributed by atoms with Gasteiger partial charge < -0.3 is 5.48 Å². The summed E-state index contributed by atoms with van der Waals surface area (Å²) in [4.78, 5) is 20.5. The molecule has 74 valence electrons. The van der Waals surface area contributed by atoms with Crippen molar-refractivity contribution < 1.29 is 15.1 Å². The number of nitrogens with one attached hydrogen (secondary N) is 1. The lowest BCUT2D eigenvalue weighted by atomic mass is 10.2. The topological polar surface area (TPSA) is 77.7 Å². The maximum absolute atomic E-state index is 10.6. The van der Waals surface area contributed by atoms with Gasteiger partial charge >= 0.3 is 0 Å². The Labute approximate surface area is 87.0 Å². The number of rotatable bonds is 2. The smallest absolute Gasteiger partial charge is 0.212 e. The minimum atomic E-state index is -0.333. The second kappa shape index (κ2) is 9.28. The van der Waals surface area contributed by atoms with Crippen LogP contribution in [-0.4, -0.2) is 35.2 Å². The van der Waals surface area contributed by atoms with Crippen LogP contribution in [0, 0.1) is 0 Å². The summed E-state index contributed by atoms with van der Waals surface area (Å²) in [5, 5.41) is 2.89. The van der Waals surface area contributed by atoms with Gasteiger partial charge in [0.1, 0.15) is 0 Å². The highest BCUT2D eigenvalue weighted by atomic mass is 35.5. The molecule has 1 unspecified atom stereocenters. The molecule has 7 heteroatoms. The van der Waals surface area contributed by atoms with E-state index in [0.717, 1.165) is 11.6 Å². The Morgan fingerprint density at radius 2 is 2.08 bits per heavy atom. The number of hydrogen-bond donors (Lipinski definition) is 1. The molecule has 0 saturated carbocycles. The molecule has 1 atom stereocenters. The summed E-state index contributed by atoms with van der Waals surface area (Å²) in [5.74, 6) is 1.18. The molecule has 4 nitrogen and oxygen atoms in total. The molecule has 1 fully saturated rings. The second-order valence-corrected chi connectivity index (χ2v) is 2.82. The molecule has 1 rings (SSSR count). The van der Waals surface area contributed by atoms with Gasteiger partial charge in [-0.1, -0.05) is 0 Å². The zero-order valence-corrected chi connectivity index (χ0v) is 8.56. The largest absolute Gasteiger partial charge is 0.412 e. The van der Waals surface area contributed by atoms with E-state index in [1.807, 2.05) is 0 Å². The van der Waals surface area contributed by atoms with Crippen LogP contribution in [0.4, 0.5) is 0 Å². The Balaban J connectivity index is -0.000000270. The van der Waals surface area contributed by atoms with Gasteiger partial charge in [-0.3, -0.25) is 14.9 Å². The van der Waals surface area contributed by atoms with Crippen LogP contribution in [0.1, 0.15) is 0 Å². The Morgan fingerprint density at radius 1 is 1.50 bits per heavy atom. The maximum Gasteiger partial charge on any atom is 0.212 e. The zero-order chi connectivity index (χ0) is 6.69. The van der Waals surface area contributed by atoms with Gasteiger partial charge in [0.05, 0.1) is 6.04 Å². The summed E-state index contributed by atoms with van der Waals surface area (Å²) in [6.45, 7) is 0. The van der Waals surface area contributed by atoms with E-state index in [1.165, 1.54) is 0 Å². The molecule has 0 aromatic rings. The van der Waals surface area contributed by atoms with Gasteiger partial charge in [-0.15, -0.1) is 36.6 Å². The van der Waals surface area contributed by atoms with Gasteiger partial charge in [-0.25, -0.2) is 0 Å². The Bertz CT molecular complexity index is 141. The van der Waals surface area contributed by atoms with Crippen LogP contribution in [0.2, 0.25) is 0 Å². The Kier molecular flexibility index (Phi) is 14.0. The van der Waals surface area contributed by atoms with E-state index in [2.05, 4.69) is 5.32 Å². The van der Waals surface area contributed by atoms with Crippen molar-refractivity contribution in [3.05, 3.63) is 0 Å². The normalized spacial score (nSPS) is 19.5. The van der Waals surface area contributed by atoms with Gasteiger partial charge in [0.25, 0.3) is 0 Å². The van der Waals surface area contributed by atoms with E-state index >= 15 is 0 Å². The lowest BCUT2D eigenvalue weighted by Crippen LogP contribution is -2.33. The molecule has 0 spiro atoms. The summed E-state index contributed by atoms with van der Waals surface area (Å²) in [7, 11) is 0. The molecule has 0 aliphatic carbocycles. The molecular weight excluding hydrogens is 225 g/mol. The lowest BCUT2D eigenvalue weighted by molar-refractivity contribution is -0.130. The highest BCUT2D eigenvalue weighted by Crippen LogP contribution is 2.08. The minimum absolute atomic E-state index is 0. The van der Waals surface area contributed by atoms with Gasteiger partial charge in [0, 0.05) is 11.6 Å². The number of carbonyl (C=O) groups is 2. The fourth-order valence-corrected chi connectivity index (χ4v) is 1.61. The van der Waals surface area contributed by atoms with Gasteiger partial charge in [0.2, 0.25) is 5.78 Å². The highest BCUT2D eigenvalue weighted by molar-refractivity contribution is 7.99. The number of aldehydes is 1. The number of halogens is 2. The fourth-order valence-electron chi connectivity index (χ4n) is 0.660. The van der Waals surface area contributed by atoms with Crippen LogP contribution in [0.5, 0.6) is 0 Å². The summed E-state index contributed by atoms with van der Waals surface area (Å²) in [6, 6.07) is -0.215. The molecule has 12 heavy (non-hydrogen) atoms. The van der Waals surface area contributed by atoms with Crippen molar-refractivity contribution in [2.45, 2.75) is 6.04 Å². The van der Waals surface area contributed by atoms with Crippen molar-refractivity contribution in [3.63, 3.8) is 0 Å². The van der Waals surface area contributed by atoms with Crippen LogP contribution in [0.25, 0.3) is 0 Å². The monoisotopic (exact) mass is 235 g/mol. The second-order valence-electron chi connectivity index (χ2n) is 1.79. The average molecular weight is 236 g/mol. The van der Waals surface area contributed by atoms with Gasteiger partial charge in [-0.2, -0.15) is 0 Å². The Morgan fingerprint density at radius 3 is 2.42 bits per heavy atom. The summed E-state index contributed by atoms with van der Waals surface area (Å²) in [5.41, 5.74) is 0. The van der Waals surface area contributed by atoms with Crippen LogP contribution >= 0.6 is 36.6 Å². The van der Waals surface area contributed by atoms with Crippen LogP contribution in [-0.2, 0) is 9.59 Å². The predicted octanol–water partition coefficient (Wildman–Crippen LogP) is -0.564. The van der Waals surface area contributed by atoms with E-state index in [9.17, 15) is 9.59 Å². The molecule has 1 heterocycles. The molecule has 1 aliphatic rings. The van der Waals surface area contributed by atoms with Crippen molar-refractivity contribution in [1.29, 1.82) is 0 Å². The first kappa shape index (κ1) is 18.1. The van der Waals surface area contributed by atoms with Crippen LogP contribution in [0.15, 0.2) is 0 Å². The molecule has 0 bridgehead atoms.